The van der Waals surface area contributed by atoms with E-state index in [0.717, 1.165) is 50.7 Å². The first-order valence-corrected chi connectivity index (χ1v) is 15.0. The van der Waals surface area contributed by atoms with Gasteiger partial charge in [0.2, 0.25) is 0 Å². The molecule has 5 nitrogen and oxygen atoms in total. The molecule has 218 valence electrons. The topological polar surface area (TPSA) is 72.8 Å². The zero-order valence-corrected chi connectivity index (χ0v) is 25.0. The van der Waals surface area contributed by atoms with Gasteiger partial charge in [-0.2, -0.15) is 0 Å². The van der Waals surface area contributed by atoms with Crippen molar-refractivity contribution < 1.29 is 24.2 Å². The molecule has 2 aromatic carbocycles. The third-order valence-electron chi connectivity index (χ3n) is 6.82. The van der Waals surface area contributed by atoms with E-state index in [4.69, 9.17) is 14.6 Å². The van der Waals surface area contributed by atoms with Crippen LogP contribution >= 0.6 is 0 Å². The highest BCUT2D eigenvalue weighted by Crippen LogP contribution is 2.30. The van der Waals surface area contributed by atoms with Crippen LogP contribution in [0.5, 0.6) is 5.75 Å². The highest BCUT2D eigenvalue weighted by molar-refractivity contribution is 5.87. The van der Waals surface area contributed by atoms with Crippen molar-refractivity contribution in [2.75, 3.05) is 13.7 Å². The SMILES string of the molecule is CCC.CCCCCc1ccc(OC[C@@H]2CCC[C@H](C(=O)OC)C2)cc1.CCCCc1ccc(C(=O)O)cc1. The number of carbonyl (C=O) groups excluding carboxylic acids is 1. The summed E-state index contributed by atoms with van der Waals surface area (Å²) in [4.78, 5) is 22.2. The minimum Gasteiger partial charge on any atom is -0.493 e. The van der Waals surface area contributed by atoms with Crippen LogP contribution in [-0.4, -0.2) is 30.8 Å². The van der Waals surface area contributed by atoms with Crippen molar-refractivity contribution in [3.63, 3.8) is 0 Å². The summed E-state index contributed by atoms with van der Waals surface area (Å²) in [5.74, 6) is 0.526. The van der Waals surface area contributed by atoms with E-state index < -0.39 is 5.97 Å². The van der Waals surface area contributed by atoms with Crippen LogP contribution in [0.4, 0.5) is 0 Å². The second-order valence-electron chi connectivity index (χ2n) is 10.5. The molecule has 0 radical (unpaired) electrons. The van der Waals surface area contributed by atoms with E-state index in [0.29, 0.717) is 18.1 Å². The predicted molar refractivity (Wildman–Crippen MR) is 161 cm³/mol. The normalized spacial score (nSPS) is 16.1. The third-order valence-corrected chi connectivity index (χ3v) is 6.82. The Morgan fingerprint density at radius 1 is 0.821 bits per heavy atom. The number of esters is 1. The van der Waals surface area contributed by atoms with Gasteiger partial charge in [-0.05, 0) is 86.3 Å². The number of unbranched alkanes of at least 4 members (excludes halogenated alkanes) is 3. The molecule has 1 aliphatic rings. The molecule has 2 atom stereocenters. The van der Waals surface area contributed by atoms with Gasteiger partial charge in [-0.25, -0.2) is 4.79 Å². The molecule has 0 amide bonds. The predicted octanol–water partition coefficient (Wildman–Crippen LogP) is 8.92. The summed E-state index contributed by atoms with van der Waals surface area (Å²) in [6.07, 6.45) is 13.6. The Balaban J connectivity index is 0.000000401. The zero-order chi connectivity index (χ0) is 28.9. The molecular weight excluding hydrogens is 488 g/mol. The summed E-state index contributed by atoms with van der Waals surface area (Å²) >= 11 is 0. The third kappa shape index (κ3) is 14.8. The van der Waals surface area contributed by atoms with Crippen molar-refractivity contribution in [3.05, 3.63) is 65.2 Å². The number of carbonyl (C=O) groups is 2. The van der Waals surface area contributed by atoms with Gasteiger partial charge in [-0.3, -0.25) is 4.79 Å². The van der Waals surface area contributed by atoms with Gasteiger partial charge in [0, 0.05) is 0 Å². The number of carboxylic acids is 1. The molecule has 2 aromatic rings. The van der Waals surface area contributed by atoms with Crippen LogP contribution in [0, 0.1) is 11.8 Å². The first-order chi connectivity index (χ1) is 18.9. The van der Waals surface area contributed by atoms with E-state index in [1.165, 1.54) is 50.3 Å². The van der Waals surface area contributed by atoms with E-state index in [9.17, 15) is 9.59 Å². The van der Waals surface area contributed by atoms with Gasteiger partial charge < -0.3 is 14.6 Å². The van der Waals surface area contributed by atoms with E-state index in [1.807, 2.05) is 12.1 Å². The standard InChI is InChI=1S/C20H30O3.C11H14O2.C3H8/c1-3-4-5-7-16-10-12-19(13-11-16)23-15-17-8-6-9-18(14-17)20(21)22-2;1-2-3-4-9-5-7-10(8-6-9)11(12)13;1-3-2/h10-13,17-18H,3-9,14-15H2,1-2H3;5-8H,2-4H2,1H3,(H,12,13);3H2,1-2H3/t17-,18+;;/m1../s1. The van der Waals surface area contributed by atoms with Crippen LogP contribution < -0.4 is 4.74 Å². The molecule has 0 saturated heterocycles. The maximum absolute atomic E-state index is 11.7. The summed E-state index contributed by atoms with van der Waals surface area (Å²) in [6, 6.07) is 15.6. The molecular formula is C34H52O5. The summed E-state index contributed by atoms with van der Waals surface area (Å²) < 4.78 is 10.8. The highest BCUT2D eigenvalue weighted by Gasteiger charge is 2.28. The summed E-state index contributed by atoms with van der Waals surface area (Å²) in [5.41, 5.74) is 2.96. The van der Waals surface area contributed by atoms with Crippen molar-refractivity contribution in [2.45, 2.75) is 105 Å². The lowest BCUT2D eigenvalue weighted by molar-refractivity contribution is -0.147. The second kappa shape index (κ2) is 21.1. The minimum atomic E-state index is -0.859. The summed E-state index contributed by atoms with van der Waals surface area (Å²) in [5, 5.41) is 8.65. The number of aryl methyl sites for hydroxylation is 2. The molecule has 0 heterocycles. The second-order valence-corrected chi connectivity index (χ2v) is 10.5. The molecule has 0 spiro atoms. The van der Waals surface area contributed by atoms with E-state index in [1.54, 1.807) is 12.1 Å². The number of ether oxygens (including phenoxy) is 2. The van der Waals surface area contributed by atoms with Crippen molar-refractivity contribution in [1.29, 1.82) is 0 Å². The molecule has 1 aliphatic carbocycles. The van der Waals surface area contributed by atoms with Gasteiger partial charge in [0.15, 0.2) is 0 Å². The van der Waals surface area contributed by atoms with Gasteiger partial charge in [0.1, 0.15) is 5.75 Å². The molecule has 1 N–H and O–H groups in total. The monoisotopic (exact) mass is 540 g/mol. The number of benzene rings is 2. The smallest absolute Gasteiger partial charge is 0.335 e. The number of aromatic carboxylic acids is 1. The maximum atomic E-state index is 11.7. The van der Waals surface area contributed by atoms with Crippen LogP contribution in [0.2, 0.25) is 0 Å². The zero-order valence-electron chi connectivity index (χ0n) is 25.0. The van der Waals surface area contributed by atoms with Gasteiger partial charge in [-0.15, -0.1) is 0 Å². The van der Waals surface area contributed by atoms with Crippen LogP contribution in [0.3, 0.4) is 0 Å². The number of carboxylic acid groups (broad SMARTS) is 1. The first kappa shape index (κ1) is 34.2. The van der Waals surface area contributed by atoms with Crippen molar-refractivity contribution in [1.82, 2.24) is 0 Å². The number of hydrogen-bond acceptors (Lipinski definition) is 4. The molecule has 0 aromatic heterocycles. The lowest BCUT2D eigenvalue weighted by atomic mass is 9.82. The van der Waals surface area contributed by atoms with Crippen molar-refractivity contribution in [2.24, 2.45) is 11.8 Å². The Morgan fingerprint density at radius 3 is 1.92 bits per heavy atom. The quantitative estimate of drug-likeness (QED) is 0.215. The van der Waals surface area contributed by atoms with Crippen LogP contribution in [-0.2, 0) is 22.4 Å². The highest BCUT2D eigenvalue weighted by atomic mass is 16.5. The number of rotatable bonds is 12. The summed E-state index contributed by atoms with van der Waals surface area (Å²) in [6.45, 7) is 9.32. The fraction of sp³-hybridized carbons (Fsp3) is 0.588. The lowest BCUT2D eigenvalue weighted by Gasteiger charge is -2.27. The van der Waals surface area contributed by atoms with Gasteiger partial charge in [-0.1, -0.05) is 84.1 Å². The average molecular weight is 541 g/mol. The Kier molecular flexibility index (Phi) is 18.5. The molecule has 1 fully saturated rings. The molecule has 0 unspecified atom stereocenters. The minimum absolute atomic E-state index is 0.0586. The molecule has 0 bridgehead atoms. The van der Waals surface area contributed by atoms with Gasteiger partial charge in [0.25, 0.3) is 0 Å². The molecule has 1 saturated carbocycles. The van der Waals surface area contributed by atoms with Crippen LogP contribution in [0.25, 0.3) is 0 Å². The van der Waals surface area contributed by atoms with Crippen LogP contribution in [0.15, 0.2) is 48.5 Å². The van der Waals surface area contributed by atoms with E-state index >= 15 is 0 Å². The van der Waals surface area contributed by atoms with E-state index in [2.05, 4.69) is 52.0 Å². The average Bonchev–Trinajstić information content (AvgIpc) is 2.96. The first-order valence-electron chi connectivity index (χ1n) is 15.0. The Hall–Kier alpha value is -2.82. The van der Waals surface area contributed by atoms with Crippen molar-refractivity contribution >= 4 is 11.9 Å². The summed E-state index contributed by atoms with van der Waals surface area (Å²) in [7, 11) is 1.48. The fourth-order valence-corrected chi connectivity index (χ4v) is 4.56. The molecule has 0 aliphatic heterocycles. The Labute approximate surface area is 237 Å². The lowest BCUT2D eigenvalue weighted by Crippen LogP contribution is -2.27. The number of hydrogen-bond donors (Lipinski definition) is 1. The van der Waals surface area contributed by atoms with E-state index in [-0.39, 0.29) is 11.9 Å². The fourth-order valence-electron chi connectivity index (χ4n) is 4.56. The molecule has 39 heavy (non-hydrogen) atoms. The maximum Gasteiger partial charge on any atom is 0.335 e. The Bertz CT molecular complexity index is 904. The van der Waals surface area contributed by atoms with Crippen LogP contribution in [0.1, 0.15) is 113 Å². The van der Waals surface area contributed by atoms with Gasteiger partial charge >= 0.3 is 11.9 Å². The van der Waals surface area contributed by atoms with Crippen molar-refractivity contribution in [3.8, 4) is 5.75 Å². The van der Waals surface area contributed by atoms with Gasteiger partial charge in [0.05, 0.1) is 25.2 Å². The molecule has 5 heteroatoms. The Morgan fingerprint density at radius 2 is 1.38 bits per heavy atom. The number of methoxy groups -OCH3 is 1. The largest absolute Gasteiger partial charge is 0.493 e. The molecule has 3 rings (SSSR count).